The van der Waals surface area contributed by atoms with Gasteiger partial charge in [0.15, 0.2) is 8.32 Å². The van der Waals surface area contributed by atoms with E-state index in [1.54, 1.807) is 13.8 Å². The summed E-state index contributed by atoms with van der Waals surface area (Å²) in [6.07, 6.45) is -4.75. The Balaban J connectivity index is 1.86. The molecular weight excluding hydrogens is 465 g/mol. The second-order valence-electron chi connectivity index (χ2n) is 11.1. The van der Waals surface area contributed by atoms with E-state index in [1.165, 1.54) is 12.1 Å². The van der Waals surface area contributed by atoms with Gasteiger partial charge in [-0.1, -0.05) is 20.8 Å². The molecule has 2 bridgehead atoms. The van der Waals surface area contributed by atoms with Gasteiger partial charge in [0.25, 0.3) is 0 Å². The SMILES string of the molecule is CC(C)(C)[Si](C)(C)O[C@H]1C[C@@]2(C)O[C@]1(C)c1c2c(O)n(-c2ccc(C#N)c(C(F)(F)F)c2)c1O. The van der Waals surface area contributed by atoms with Gasteiger partial charge in [-0.05, 0) is 50.2 Å². The third-order valence-electron chi connectivity index (χ3n) is 7.70. The molecule has 2 N–H and O–H groups in total. The highest BCUT2D eigenvalue weighted by atomic mass is 28.4. The molecule has 3 heterocycles. The average Bonchev–Trinajstić information content (AvgIpc) is 3.20. The number of benzene rings is 1. The summed E-state index contributed by atoms with van der Waals surface area (Å²) in [6, 6.07) is 4.58. The van der Waals surface area contributed by atoms with Crippen LogP contribution in [0.2, 0.25) is 18.1 Å². The van der Waals surface area contributed by atoms with Crippen molar-refractivity contribution < 1.29 is 32.5 Å². The van der Waals surface area contributed by atoms with Crippen LogP contribution in [-0.2, 0) is 26.5 Å². The standard InChI is InChI=1S/C24H29F3N2O4Si/c1-21(2,3)34(6,7)32-16-11-22(4)17-18(23(16,5)33-22)20(31)29(19(17)30)14-9-8-13(12-28)15(10-14)24(25,26)27/h8-10,16,30-31H,11H2,1-7H3/t16-,22+,23-/m0/s1. The summed E-state index contributed by atoms with van der Waals surface area (Å²) in [5.41, 5.74) is -3.20. The quantitative estimate of drug-likeness (QED) is 0.509. The van der Waals surface area contributed by atoms with Crippen LogP contribution < -0.4 is 0 Å². The monoisotopic (exact) mass is 494 g/mol. The molecule has 10 heteroatoms. The number of ether oxygens (including phenoxy) is 1. The second-order valence-corrected chi connectivity index (χ2v) is 15.8. The Morgan fingerprint density at radius 2 is 1.74 bits per heavy atom. The number of rotatable bonds is 3. The van der Waals surface area contributed by atoms with Crippen LogP contribution in [0, 0.1) is 11.3 Å². The van der Waals surface area contributed by atoms with Gasteiger partial charge in [0.05, 0.1) is 45.7 Å². The lowest BCUT2D eigenvalue weighted by Gasteiger charge is -2.42. The lowest BCUT2D eigenvalue weighted by Crippen LogP contribution is -2.48. The molecule has 0 spiro atoms. The van der Waals surface area contributed by atoms with Crippen LogP contribution in [0.3, 0.4) is 0 Å². The molecule has 4 rings (SSSR count). The van der Waals surface area contributed by atoms with E-state index in [0.717, 1.165) is 16.7 Å². The molecule has 2 aromatic rings. The molecule has 6 nitrogen and oxygen atoms in total. The van der Waals surface area contributed by atoms with E-state index in [-0.39, 0.29) is 16.6 Å². The largest absolute Gasteiger partial charge is 0.494 e. The molecule has 1 aromatic heterocycles. The lowest BCUT2D eigenvalue weighted by atomic mass is 9.78. The fraction of sp³-hybridized carbons (Fsp3) is 0.542. The molecule has 34 heavy (non-hydrogen) atoms. The van der Waals surface area contributed by atoms with Crippen LogP contribution in [-0.4, -0.2) is 29.2 Å². The Kier molecular flexibility index (Phi) is 5.09. The molecule has 3 atom stereocenters. The van der Waals surface area contributed by atoms with Crippen molar-refractivity contribution in [3.8, 4) is 23.5 Å². The second kappa shape index (κ2) is 7.03. The van der Waals surface area contributed by atoms with Crippen LogP contribution in [0.1, 0.15) is 63.3 Å². The highest BCUT2D eigenvalue weighted by molar-refractivity contribution is 6.74. The Morgan fingerprint density at radius 3 is 2.26 bits per heavy atom. The fourth-order valence-electron chi connectivity index (χ4n) is 4.94. The molecule has 1 saturated heterocycles. The summed E-state index contributed by atoms with van der Waals surface area (Å²) >= 11 is 0. The van der Waals surface area contributed by atoms with Crippen LogP contribution >= 0.6 is 0 Å². The molecule has 0 radical (unpaired) electrons. The van der Waals surface area contributed by atoms with Gasteiger partial charge < -0.3 is 19.4 Å². The fourth-order valence-corrected chi connectivity index (χ4v) is 6.32. The maximum absolute atomic E-state index is 13.5. The highest BCUT2D eigenvalue weighted by Gasteiger charge is 2.66. The Bertz CT molecular complexity index is 1220. The summed E-state index contributed by atoms with van der Waals surface area (Å²) in [4.78, 5) is 0. The molecule has 2 aliphatic rings. The van der Waals surface area contributed by atoms with Gasteiger partial charge >= 0.3 is 6.18 Å². The number of alkyl halides is 3. The lowest BCUT2D eigenvalue weighted by molar-refractivity contribution is -0.137. The van der Waals surface area contributed by atoms with Gasteiger partial charge in [-0.3, -0.25) is 4.57 Å². The molecule has 1 fully saturated rings. The molecular formula is C24H29F3N2O4Si. The first-order valence-electron chi connectivity index (χ1n) is 11.0. The number of halogens is 3. The summed E-state index contributed by atoms with van der Waals surface area (Å²) < 4.78 is 54.6. The van der Waals surface area contributed by atoms with E-state index in [0.29, 0.717) is 17.5 Å². The van der Waals surface area contributed by atoms with Crippen LogP contribution in [0.5, 0.6) is 11.8 Å². The number of hydrogen-bond donors (Lipinski definition) is 2. The van der Waals surface area contributed by atoms with Crippen LogP contribution in [0.4, 0.5) is 13.2 Å². The number of nitrogens with zero attached hydrogens (tertiary/aromatic N) is 2. The third kappa shape index (κ3) is 3.28. The predicted molar refractivity (Wildman–Crippen MR) is 121 cm³/mol. The van der Waals surface area contributed by atoms with Crippen molar-refractivity contribution in [2.45, 2.75) is 82.7 Å². The molecule has 184 valence electrons. The van der Waals surface area contributed by atoms with Gasteiger partial charge in [-0.15, -0.1) is 0 Å². The number of nitriles is 1. The van der Waals surface area contributed by atoms with Crippen molar-refractivity contribution >= 4 is 8.32 Å². The maximum Gasteiger partial charge on any atom is 0.417 e. The summed E-state index contributed by atoms with van der Waals surface area (Å²) in [6.45, 7) is 14.1. The normalized spacial score (nSPS) is 26.6. The number of fused-ring (bicyclic) bond motifs is 5. The van der Waals surface area contributed by atoms with E-state index in [2.05, 4.69) is 33.9 Å². The van der Waals surface area contributed by atoms with E-state index >= 15 is 0 Å². The zero-order valence-corrected chi connectivity index (χ0v) is 21.3. The third-order valence-corrected chi connectivity index (χ3v) is 12.2. The molecule has 0 amide bonds. The number of aromatic hydroxyl groups is 2. The molecule has 0 aliphatic carbocycles. The van der Waals surface area contributed by atoms with Gasteiger partial charge in [0, 0.05) is 6.42 Å². The van der Waals surface area contributed by atoms with Gasteiger partial charge in [0.1, 0.15) is 5.60 Å². The van der Waals surface area contributed by atoms with Crippen molar-refractivity contribution in [2.75, 3.05) is 0 Å². The van der Waals surface area contributed by atoms with Crippen molar-refractivity contribution in [3.05, 3.63) is 40.5 Å². The summed E-state index contributed by atoms with van der Waals surface area (Å²) in [7, 11) is -2.22. The summed E-state index contributed by atoms with van der Waals surface area (Å²) in [5, 5.41) is 31.3. The number of aromatic nitrogens is 1. The molecule has 0 saturated carbocycles. The van der Waals surface area contributed by atoms with Gasteiger partial charge in [-0.25, -0.2) is 0 Å². The first-order chi connectivity index (χ1) is 15.4. The molecule has 0 unspecified atom stereocenters. The Morgan fingerprint density at radius 1 is 1.15 bits per heavy atom. The smallest absolute Gasteiger partial charge is 0.417 e. The van der Waals surface area contributed by atoms with Gasteiger partial charge in [-0.2, -0.15) is 18.4 Å². The minimum atomic E-state index is -4.77. The van der Waals surface area contributed by atoms with Gasteiger partial charge in [0.2, 0.25) is 11.8 Å². The topological polar surface area (TPSA) is 87.6 Å². The predicted octanol–water partition coefficient (Wildman–Crippen LogP) is 6.03. The minimum Gasteiger partial charge on any atom is -0.494 e. The summed E-state index contributed by atoms with van der Waals surface area (Å²) in [5.74, 6) is -0.789. The van der Waals surface area contributed by atoms with E-state index < -0.39 is 48.8 Å². The first-order valence-corrected chi connectivity index (χ1v) is 14.0. The van der Waals surface area contributed by atoms with Crippen LogP contribution in [0.15, 0.2) is 18.2 Å². The Hall–Kier alpha value is -2.48. The maximum atomic E-state index is 13.5. The zero-order chi connectivity index (χ0) is 25.6. The molecule has 1 aromatic carbocycles. The van der Waals surface area contributed by atoms with Crippen LogP contribution in [0.25, 0.3) is 5.69 Å². The van der Waals surface area contributed by atoms with Crippen molar-refractivity contribution in [3.63, 3.8) is 0 Å². The average molecular weight is 495 g/mol. The minimum absolute atomic E-state index is 0.0679. The first kappa shape index (κ1) is 24.6. The van der Waals surface area contributed by atoms with E-state index in [9.17, 15) is 23.4 Å². The van der Waals surface area contributed by atoms with Crippen molar-refractivity contribution in [1.29, 1.82) is 5.26 Å². The number of hydrogen-bond acceptors (Lipinski definition) is 5. The molecule has 2 aliphatic heterocycles. The van der Waals surface area contributed by atoms with E-state index in [4.69, 9.17) is 14.4 Å². The highest BCUT2D eigenvalue weighted by Crippen LogP contribution is 2.65. The van der Waals surface area contributed by atoms with Crippen molar-refractivity contribution in [1.82, 2.24) is 4.57 Å². The van der Waals surface area contributed by atoms with E-state index in [1.807, 2.05) is 0 Å². The van der Waals surface area contributed by atoms with Crippen molar-refractivity contribution in [2.24, 2.45) is 0 Å². The Labute approximate surface area is 197 Å². The zero-order valence-electron chi connectivity index (χ0n) is 20.3.